The maximum Gasteiger partial charge on any atom is 0.153 e. The van der Waals surface area contributed by atoms with Gasteiger partial charge in [-0.1, -0.05) is 36.4 Å². The van der Waals surface area contributed by atoms with Crippen molar-refractivity contribution in [1.82, 2.24) is 20.1 Å². The lowest BCUT2D eigenvalue weighted by molar-refractivity contribution is 0.817. The van der Waals surface area contributed by atoms with Crippen molar-refractivity contribution in [1.29, 1.82) is 0 Å². The minimum Gasteiger partial charge on any atom is -0.316 e. The molecule has 3 rings (SSSR count). The summed E-state index contributed by atoms with van der Waals surface area (Å²) in [5, 5.41) is 7.68. The van der Waals surface area contributed by atoms with Crippen molar-refractivity contribution in [3.63, 3.8) is 0 Å². The van der Waals surface area contributed by atoms with E-state index in [1.807, 2.05) is 54.3 Å². The second-order valence-corrected chi connectivity index (χ2v) is 4.51. The molecule has 0 bridgehead atoms. The highest BCUT2D eigenvalue weighted by Crippen LogP contribution is 2.25. The third-order valence-corrected chi connectivity index (χ3v) is 3.13. The van der Waals surface area contributed by atoms with Gasteiger partial charge in [-0.2, -0.15) is 5.10 Å². The number of hydrogen-bond acceptors (Lipinski definition) is 3. The Morgan fingerprint density at radius 3 is 2.55 bits per heavy atom. The molecule has 4 nitrogen and oxygen atoms in total. The normalized spacial score (nSPS) is 10.7. The fourth-order valence-corrected chi connectivity index (χ4v) is 2.26. The van der Waals surface area contributed by atoms with Crippen molar-refractivity contribution < 1.29 is 0 Å². The van der Waals surface area contributed by atoms with Crippen molar-refractivity contribution in [3.05, 3.63) is 66.5 Å². The van der Waals surface area contributed by atoms with Gasteiger partial charge in [-0.15, -0.1) is 0 Å². The SMILES string of the molecule is CNCc1cnn(-c2ccccn2)c1-c1ccccc1. The summed E-state index contributed by atoms with van der Waals surface area (Å²) in [5.74, 6) is 0.828. The zero-order chi connectivity index (χ0) is 13.8. The van der Waals surface area contributed by atoms with Crippen LogP contribution in [0.2, 0.25) is 0 Å². The molecule has 0 fully saturated rings. The number of benzene rings is 1. The van der Waals surface area contributed by atoms with Gasteiger partial charge in [-0.25, -0.2) is 9.67 Å². The Hall–Kier alpha value is -2.46. The minimum atomic E-state index is 0.775. The molecule has 0 saturated heterocycles. The summed E-state index contributed by atoms with van der Waals surface area (Å²) in [6.45, 7) is 0.775. The fourth-order valence-electron chi connectivity index (χ4n) is 2.26. The Kier molecular flexibility index (Phi) is 3.56. The molecule has 0 aliphatic rings. The van der Waals surface area contributed by atoms with Gasteiger partial charge in [0, 0.05) is 23.9 Å². The quantitative estimate of drug-likeness (QED) is 0.787. The lowest BCUT2D eigenvalue weighted by atomic mass is 10.1. The largest absolute Gasteiger partial charge is 0.316 e. The predicted molar refractivity (Wildman–Crippen MR) is 79.6 cm³/mol. The summed E-state index contributed by atoms with van der Waals surface area (Å²) < 4.78 is 1.89. The van der Waals surface area contributed by atoms with Gasteiger partial charge in [0.1, 0.15) is 0 Å². The molecule has 1 N–H and O–H groups in total. The molecule has 0 saturated carbocycles. The number of aromatic nitrogens is 3. The summed E-state index contributed by atoms with van der Waals surface area (Å²) in [7, 11) is 1.94. The van der Waals surface area contributed by atoms with Crippen LogP contribution in [0.5, 0.6) is 0 Å². The predicted octanol–water partition coefficient (Wildman–Crippen LogP) is 2.65. The van der Waals surface area contributed by atoms with Crippen LogP contribution in [0.25, 0.3) is 17.1 Å². The van der Waals surface area contributed by atoms with Gasteiger partial charge >= 0.3 is 0 Å². The van der Waals surface area contributed by atoms with Crippen LogP contribution in [0, 0.1) is 0 Å². The topological polar surface area (TPSA) is 42.7 Å². The van der Waals surface area contributed by atoms with Crippen LogP contribution in [0.1, 0.15) is 5.56 Å². The molecule has 1 aromatic carbocycles. The highest BCUT2D eigenvalue weighted by Gasteiger charge is 2.14. The highest BCUT2D eigenvalue weighted by molar-refractivity contribution is 5.65. The molecular weight excluding hydrogens is 248 g/mol. The van der Waals surface area contributed by atoms with Crippen LogP contribution in [0.3, 0.4) is 0 Å². The Bertz CT molecular complexity index is 674. The minimum absolute atomic E-state index is 0.775. The van der Waals surface area contributed by atoms with Crippen LogP contribution in [0.15, 0.2) is 60.9 Å². The van der Waals surface area contributed by atoms with Crippen molar-refractivity contribution in [2.45, 2.75) is 6.54 Å². The average Bonchev–Trinajstić information content (AvgIpc) is 2.93. The first-order valence-electron chi connectivity index (χ1n) is 6.58. The average molecular weight is 264 g/mol. The number of nitrogens with one attached hydrogen (secondary N) is 1. The summed E-state index contributed by atoms with van der Waals surface area (Å²) in [6.07, 6.45) is 3.68. The van der Waals surface area contributed by atoms with E-state index in [1.54, 1.807) is 6.20 Å². The van der Waals surface area contributed by atoms with E-state index in [0.717, 1.165) is 29.2 Å². The van der Waals surface area contributed by atoms with Crippen molar-refractivity contribution in [3.8, 4) is 17.1 Å². The second kappa shape index (κ2) is 5.67. The van der Waals surface area contributed by atoms with Gasteiger partial charge in [-0.3, -0.25) is 0 Å². The Morgan fingerprint density at radius 1 is 1.05 bits per heavy atom. The molecular formula is C16H16N4. The summed E-state index contributed by atoms with van der Waals surface area (Å²) >= 11 is 0. The van der Waals surface area contributed by atoms with Gasteiger partial charge < -0.3 is 5.32 Å². The van der Waals surface area contributed by atoms with Crippen LogP contribution < -0.4 is 5.32 Å². The summed E-state index contributed by atoms with van der Waals surface area (Å²) in [5.41, 5.74) is 3.38. The molecule has 4 heteroatoms. The third-order valence-electron chi connectivity index (χ3n) is 3.13. The smallest absolute Gasteiger partial charge is 0.153 e. The first-order valence-corrected chi connectivity index (χ1v) is 6.58. The van der Waals surface area contributed by atoms with Crippen molar-refractivity contribution in [2.24, 2.45) is 0 Å². The van der Waals surface area contributed by atoms with E-state index in [1.165, 1.54) is 0 Å². The molecule has 0 aliphatic carbocycles. The molecule has 20 heavy (non-hydrogen) atoms. The molecule has 0 unspecified atom stereocenters. The highest BCUT2D eigenvalue weighted by atomic mass is 15.3. The fraction of sp³-hybridized carbons (Fsp3) is 0.125. The number of rotatable bonds is 4. The number of hydrogen-bond donors (Lipinski definition) is 1. The summed E-state index contributed by atoms with van der Waals surface area (Å²) in [6, 6.07) is 16.1. The molecule has 0 amide bonds. The first-order chi connectivity index (χ1) is 9.90. The van der Waals surface area contributed by atoms with Crippen LogP contribution in [-0.4, -0.2) is 21.8 Å². The molecule has 3 aromatic rings. The van der Waals surface area contributed by atoms with Gasteiger partial charge in [0.15, 0.2) is 5.82 Å². The monoisotopic (exact) mass is 264 g/mol. The molecule has 0 aliphatic heterocycles. The van der Waals surface area contributed by atoms with Gasteiger partial charge in [-0.05, 0) is 19.2 Å². The van der Waals surface area contributed by atoms with E-state index < -0.39 is 0 Å². The van der Waals surface area contributed by atoms with E-state index >= 15 is 0 Å². The third kappa shape index (κ3) is 2.33. The van der Waals surface area contributed by atoms with Gasteiger partial charge in [0.25, 0.3) is 0 Å². The van der Waals surface area contributed by atoms with E-state index in [2.05, 4.69) is 27.5 Å². The molecule has 2 heterocycles. The van der Waals surface area contributed by atoms with Gasteiger partial charge in [0.2, 0.25) is 0 Å². The van der Waals surface area contributed by atoms with E-state index in [9.17, 15) is 0 Å². The number of pyridine rings is 1. The lowest BCUT2D eigenvalue weighted by Crippen LogP contribution is -2.07. The molecule has 2 aromatic heterocycles. The number of nitrogens with zero attached hydrogens (tertiary/aromatic N) is 3. The summed E-state index contributed by atoms with van der Waals surface area (Å²) in [4.78, 5) is 4.39. The Balaban J connectivity index is 2.17. The van der Waals surface area contributed by atoms with Crippen LogP contribution in [0.4, 0.5) is 0 Å². The molecule has 0 radical (unpaired) electrons. The first kappa shape index (κ1) is 12.6. The van der Waals surface area contributed by atoms with Crippen molar-refractivity contribution in [2.75, 3.05) is 7.05 Å². The van der Waals surface area contributed by atoms with E-state index in [0.29, 0.717) is 0 Å². The molecule has 100 valence electrons. The lowest BCUT2D eigenvalue weighted by Gasteiger charge is -2.09. The van der Waals surface area contributed by atoms with Crippen LogP contribution >= 0.6 is 0 Å². The van der Waals surface area contributed by atoms with Crippen molar-refractivity contribution >= 4 is 0 Å². The van der Waals surface area contributed by atoms with Gasteiger partial charge in [0.05, 0.1) is 11.9 Å². The second-order valence-electron chi connectivity index (χ2n) is 4.51. The zero-order valence-corrected chi connectivity index (χ0v) is 11.3. The molecule has 0 spiro atoms. The van der Waals surface area contributed by atoms with Crippen LogP contribution in [-0.2, 0) is 6.54 Å². The Labute approximate surface area is 118 Å². The maximum absolute atomic E-state index is 4.50. The zero-order valence-electron chi connectivity index (χ0n) is 11.3. The van der Waals surface area contributed by atoms with E-state index in [-0.39, 0.29) is 0 Å². The van der Waals surface area contributed by atoms with E-state index in [4.69, 9.17) is 0 Å². The maximum atomic E-state index is 4.50. The molecule has 0 atom stereocenters. The standard InChI is InChI=1S/C16H16N4/c1-17-11-14-12-19-20(15-9-5-6-10-18-15)16(14)13-7-3-2-4-8-13/h2-10,12,17H,11H2,1H3. The Morgan fingerprint density at radius 2 is 1.85 bits per heavy atom.